The Kier molecular flexibility index (Phi) is 5.40. The van der Waals surface area contributed by atoms with Crippen molar-refractivity contribution >= 4 is 10.0 Å². The van der Waals surface area contributed by atoms with E-state index in [1.807, 2.05) is 0 Å². The normalized spacial score (nSPS) is 11.4. The predicted octanol–water partition coefficient (Wildman–Crippen LogP) is 1.60. The zero-order chi connectivity index (χ0) is 16.0. The number of aromatic nitrogens is 1. The SMILES string of the molecule is COc1ccc(S(=O)(=O)NCCCc2cnoc2)cc1OC. The highest BCUT2D eigenvalue weighted by Gasteiger charge is 2.16. The summed E-state index contributed by atoms with van der Waals surface area (Å²) >= 11 is 0. The molecule has 0 aliphatic carbocycles. The lowest BCUT2D eigenvalue weighted by atomic mass is 10.2. The van der Waals surface area contributed by atoms with E-state index >= 15 is 0 Å². The monoisotopic (exact) mass is 326 g/mol. The Balaban J connectivity index is 1.97. The maximum atomic E-state index is 12.2. The number of aryl methyl sites for hydroxylation is 1. The van der Waals surface area contributed by atoms with Crippen LogP contribution in [0.15, 0.2) is 40.1 Å². The van der Waals surface area contributed by atoms with E-state index in [0.29, 0.717) is 30.9 Å². The molecule has 120 valence electrons. The van der Waals surface area contributed by atoms with E-state index in [1.165, 1.54) is 26.4 Å². The quantitative estimate of drug-likeness (QED) is 0.741. The third kappa shape index (κ3) is 3.99. The number of nitrogens with zero attached hydrogens (tertiary/aromatic N) is 1. The van der Waals surface area contributed by atoms with Gasteiger partial charge in [-0.2, -0.15) is 0 Å². The van der Waals surface area contributed by atoms with Crippen LogP contribution < -0.4 is 14.2 Å². The first-order valence-corrected chi connectivity index (χ1v) is 8.15. The summed E-state index contributed by atoms with van der Waals surface area (Å²) in [4.78, 5) is 0.134. The predicted molar refractivity (Wildman–Crippen MR) is 79.6 cm³/mol. The van der Waals surface area contributed by atoms with Crippen LogP contribution in [0.1, 0.15) is 12.0 Å². The molecule has 0 radical (unpaired) electrons. The minimum atomic E-state index is -3.58. The summed E-state index contributed by atoms with van der Waals surface area (Å²) in [5.41, 5.74) is 0.935. The number of hydrogen-bond donors (Lipinski definition) is 1. The van der Waals surface area contributed by atoms with E-state index in [2.05, 4.69) is 9.88 Å². The van der Waals surface area contributed by atoms with Crippen molar-refractivity contribution < 1.29 is 22.4 Å². The molecule has 0 aliphatic heterocycles. The standard InChI is InChI=1S/C14H18N2O5S/c1-19-13-6-5-12(8-14(13)20-2)22(17,18)16-7-3-4-11-9-15-21-10-11/h5-6,8-10,16H,3-4,7H2,1-2H3. The van der Waals surface area contributed by atoms with Crippen LogP contribution in [-0.2, 0) is 16.4 Å². The summed E-state index contributed by atoms with van der Waals surface area (Å²) in [5.74, 6) is 0.851. The number of sulfonamides is 1. The average molecular weight is 326 g/mol. The van der Waals surface area contributed by atoms with Crippen LogP contribution in [0.2, 0.25) is 0 Å². The minimum absolute atomic E-state index is 0.134. The van der Waals surface area contributed by atoms with E-state index in [-0.39, 0.29) is 4.90 Å². The van der Waals surface area contributed by atoms with Crippen LogP contribution in [-0.4, -0.2) is 34.3 Å². The lowest BCUT2D eigenvalue weighted by Crippen LogP contribution is -2.25. The molecule has 1 heterocycles. The Labute approximate surface area is 129 Å². The Morgan fingerprint density at radius 3 is 2.64 bits per heavy atom. The van der Waals surface area contributed by atoms with Gasteiger partial charge >= 0.3 is 0 Å². The molecule has 0 unspecified atom stereocenters. The molecule has 22 heavy (non-hydrogen) atoms. The van der Waals surface area contributed by atoms with Gasteiger partial charge < -0.3 is 14.0 Å². The first-order valence-electron chi connectivity index (χ1n) is 6.67. The highest BCUT2D eigenvalue weighted by molar-refractivity contribution is 7.89. The smallest absolute Gasteiger partial charge is 0.240 e. The molecule has 2 aromatic rings. The molecule has 0 aliphatic rings. The largest absolute Gasteiger partial charge is 0.493 e. The summed E-state index contributed by atoms with van der Waals surface area (Å²) in [6.45, 7) is 0.321. The number of rotatable bonds is 8. The second-order valence-corrected chi connectivity index (χ2v) is 6.32. The Hall–Kier alpha value is -2.06. The molecule has 0 saturated heterocycles. The molecular formula is C14H18N2O5S. The molecule has 1 N–H and O–H groups in total. The fraction of sp³-hybridized carbons (Fsp3) is 0.357. The van der Waals surface area contributed by atoms with E-state index < -0.39 is 10.0 Å². The van der Waals surface area contributed by atoms with Crippen LogP contribution in [0.3, 0.4) is 0 Å². The van der Waals surface area contributed by atoms with Crippen LogP contribution >= 0.6 is 0 Å². The maximum Gasteiger partial charge on any atom is 0.240 e. The first kappa shape index (κ1) is 16.3. The van der Waals surface area contributed by atoms with Crippen LogP contribution in [0.4, 0.5) is 0 Å². The van der Waals surface area contributed by atoms with Crippen molar-refractivity contribution in [3.05, 3.63) is 36.2 Å². The second-order valence-electron chi connectivity index (χ2n) is 4.55. The lowest BCUT2D eigenvalue weighted by Gasteiger charge is -2.10. The van der Waals surface area contributed by atoms with Crippen molar-refractivity contribution in [1.29, 1.82) is 0 Å². The van der Waals surface area contributed by atoms with Gasteiger partial charge in [-0.15, -0.1) is 0 Å². The van der Waals surface area contributed by atoms with Gasteiger partial charge in [-0.25, -0.2) is 13.1 Å². The zero-order valence-corrected chi connectivity index (χ0v) is 13.2. The van der Waals surface area contributed by atoms with Crippen molar-refractivity contribution in [1.82, 2.24) is 9.88 Å². The van der Waals surface area contributed by atoms with Gasteiger partial charge in [0, 0.05) is 18.2 Å². The fourth-order valence-corrected chi connectivity index (χ4v) is 3.01. The van der Waals surface area contributed by atoms with E-state index in [1.54, 1.807) is 18.5 Å². The molecule has 1 aromatic carbocycles. The Morgan fingerprint density at radius 1 is 1.23 bits per heavy atom. The third-order valence-corrected chi connectivity index (χ3v) is 4.54. The van der Waals surface area contributed by atoms with Crippen LogP contribution in [0.5, 0.6) is 11.5 Å². The number of ether oxygens (including phenoxy) is 2. The van der Waals surface area contributed by atoms with E-state index in [0.717, 1.165) is 5.56 Å². The molecule has 0 fully saturated rings. The summed E-state index contributed by atoms with van der Waals surface area (Å²) in [6.07, 6.45) is 4.50. The third-order valence-electron chi connectivity index (χ3n) is 3.08. The van der Waals surface area contributed by atoms with Crippen molar-refractivity contribution in [3.8, 4) is 11.5 Å². The second kappa shape index (κ2) is 7.28. The Bertz CT molecular complexity index is 698. The number of benzene rings is 1. The molecule has 0 atom stereocenters. The van der Waals surface area contributed by atoms with E-state index in [4.69, 9.17) is 14.0 Å². The van der Waals surface area contributed by atoms with Gasteiger partial charge in [0.25, 0.3) is 0 Å². The highest BCUT2D eigenvalue weighted by Crippen LogP contribution is 2.29. The van der Waals surface area contributed by atoms with Gasteiger partial charge in [0.2, 0.25) is 10.0 Å². The molecule has 0 bridgehead atoms. The van der Waals surface area contributed by atoms with Crippen molar-refractivity contribution in [3.63, 3.8) is 0 Å². The van der Waals surface area contributed by atoms with Gasteiger partial charge in [0.1, 0.15) is 6.26 Å². The van der Waals surface area contributed by atoms with Gasteiger partial charge in [0.05, 0.1) is 25.3 Å². The topological polar surface area (TPSA) is 90.7 Å². The van der Waals surface area contributed by atoms with E-state index in [9.17, 15) is 8.42 Å². The van der Waals surface area contributed by atoms with Crippen molar-refractivity contribution in [2.45, 2.75) is 17.7 Å². The van der Waals surface area contributed by atoms with Gasteiger partial charge in [-0.1, -0.05) is 5.16 Å². The van der Waals surface area contributed by atoms with Crippen LogP contribution in [0, 0.1) is 0 Å². The number of nitrogens with one attached hydrogen (secondary N) is 1. The molecule has 8 heteroatoms. The summed E-state index contributed by atoms with van der Waals surface area (Å²) < 4.78 is 41.9. The minimum Gasteiger partial charge on any atom is -0.493 e. The Morgan fingerprint density at radius 2 is 2.00 bits per heavy atom. The van der Waals surface area contributed by atoms with Crippen molar-refractivity contribution in [2.24, 2.45) is 0 Å². The first-order chi connectivity index (χ1) is 10.6. The molecule has 0 amide bonds. The fourth-order valence-electron chi connectivity index (χ4n) is 1.92. The molecule has 2 rings (SSSR count). The highest BCUT2D eigenvalue weighted by atomic mass is 32.2. The van der Waals surface area contributed by atoms with Crippen LogP contribution in [0.25, 0.3) is 0 Å². The maximum absolute atomic E-state index is 12.2. The molecule has 0 spiro atoms. The van der Waals surface area contributed by atoms with Gasteiger partial charge in [-0.05, 0) is 25.0 Å². The summed E-state index contributed by atoms with van der Waals surface area (Å²) in [7, 11) is -0.630. The zero-order valence-electron chi connectivity index (χ0n) is 12.4. The molecule has 1 aromatic heterocycles. The molecule has 0 saturated carbocycles. The summed E-state index contributed by atoms with van der Waals surface area (Å²) in [6, 6.07) is 4.47. The lowest BCUT2D eigenvalue weighted by molar-refractivity contribution is 0.354. The van der Waals surface area contributed by atoms with Gasteiger partial charge in [0.15, 0.2) is 11.5 Å². The summed E-state index contributed by atoms with van der Waals surface area (Å²) in [5, 5.41) is 3.59. The van der Waals surface area contributed by atoms with Gasteiger partial charge in [-0.3, -0.25) is 0 Å². The number of hydrogen-bond acceptors (Lipinski definition) is 6. The molecular weight excluding hydrogens is 308 g/mol. The number of methoxy groups -OCH3 is 2. The van der Waals surface area contributed by atoms with Crippen molar-refractivity contribution in [2.75, 3.05) is 20.8 Å². The molecule has 7 nitrogen and oxygen atoms in total. The average Bonchev–Trinajstić information content (AvgIpc) is 3.04.